The van der Waals surface area contributed by atoms with Gasteiger partial charge in [-0.05, 0) is 38.0 Å². The van der Waals surface area contributed by atoms with Crippen LogP contribution in [0.2, 0.25) is 0 Å². The second-order valence-electron chi connectivity index (χ2n) is 8.22. The van der Waals surface area contributed by atoms with Crippen LogP contribution in [-0.4, -0.2) is 40.8 Å². The molecule has 0 radical (unpaired) electrons. The maximum absolute atomic E-state index is 5.03. The second kappa shape index (κ2) is 8.06. The van der Waals surface area contributed by atoms with Gasteiger partial charge in [-0.25, -0.2) is 4.98 Å². The summed E-state index contributed by atoms with van der Waals surface area (Å²) in [5.41, 5.74) is 7.99. The minimum Gasteiger partial charge on any atom is -0.368 e. The summed E-state index contributed by atoms with van der Waals surface area (Å²) in [5, 5.41) is 4.99. The standard InChI is InChI=1S/C26H29N5/c1-4-23-19(2)27-25-24(21-11-7-5-8-12-21)20(3)28-31(25)26(23)30-17-15-29(16-18-30)22-13-9-6-10-14-22/h5-14H,4,15-18H2,1-3H3. The van der Waals surface area contributed by atoms with E-state index in [2.05, 4.69) is 95.8 Å². The molecule has 5 rings (SSSR count). The summed E-state index contributed by atoms with van der Waals surface area (Å²) < 4.78 is 2.10. The summed E-state index contributed by atoms with van der Waals surface area (Å²) in [5.74, 6) is 1.21. The number of para-hydroxylation sites is 1. The molecule has 0 atom stereocenters. The van der Waals surface area contributed by atoms with Crippen molar-refractivity contribution in [3.05, 3.63) is 77.6 Å². The maximum Gasteiger partial charge on any atom is 0.165 e. The molecule has 1 fully saturated rings. The van der Waals surface area contributed by atoms with Crippen LogP contribution in [0.15, 0.2) is 60.7 Å². The van der Waals surface area contributed by atoms with Gasteiger partial charge in [0.1, 0.15) is 5.82 Å². The van der Waals surface area contributed by atoms with Gasteiger partial charge >= 0.3 is 0 Å². The summed E-state index contributed by atoms with van der Waals surface area (Å²) in [6, 6.07) is 21.2. The molecule has 0 bridgehead atoms. The van der Waals surface area contributed by atoms with E-state index in [1.807, 2.05) is 0 Å². The summed E-state index contributed by atoms with van der Waals surface area (Å²) in [4.78, 5) is 10.00. The van der Waals surface area contributed by atoms with E-state index in [4.69, 9.17) is 10.1 Å². The third-order valence-corrected chi connectivity index (χ3v) is 6.33. The lowest BCUT2D eigenvalue weighted by atomic mass is 10.1. The van der Waals surface area contributed by atoms with Crippen LogP contribution in [0.5, 0.6) is 0 Å². The fourth-order valence-corrected chi connectivity index (χ4v) is 4.78. The second-order valence-corrected chi connectivity index (χ2v) is 8.22. The molecular weight excluding hydrogens is 382 g/mol. The van der Waals surface area contributed by atoms with E-state index < -0.39 is 0 Å². The first kappa shape index (κ1) is 19.6. The number of rotatable bonds is 4. The number of hydrogen-bond acceptors (Lipinski definition) is 4. The molecule has 0 N–H and O–H groups in total. The van der Waals surface area contributed by atoms with E-state index in [9.17, 15) is 0 Å². The Labute approximate surface area is 184 Å². The molecule has 0 spiro atoms. The molecule has 1 saturated heterocycles. The van der Waals surface area contributed by atoms with Gasteiger partial charge in [0, 0.05) is 48.7 Å². The Morgan fingerprint density at radius 1 is 0.774 bits per heavy atom. The summed E-state index contributed by atoms with van der Waals surface area (Å²) >= 11 is 0. The molecule has 3 heterocycles. The van der Waals surface area contributed by atoms with E-state index in [1.165, 1.54) is 22.6 Å². The summed E-state index contributed by atoms with van der Waals surface area (Å²) in [6.07, 6.45) is 0.947. The molecule has 2 aromatic heterocycles. The van der Waals surface area contributed by atoms with Crippen molar-refractivity contribution in [1.29, 1.82) is 0 Å². The van der Waals surface area contributed by atoms with E-state index in [1.54, 1.807) is 0 Å². The first-order chi connectivity index (χ1) is 15.2. The van der Waals surface area contributed by atoms with Crippen molar-refractivity contribution in [3.8, 4) is 11.1 Å². The lowest BCUT2D eigenvalue weighted by Gasteiger charge is -2.38. The Balaban J connectivity index is 1.57. The molecule has 5 nitrogen and oxygen atoms in total. The largest absolute Gasteiger partial charge is 0.368 e. The van der Waals surface area contributed by atoms with Gasteiger partial charge in [0.25, 0.3) is 0 Å². The van der Waals surface area contributed by atoms with Crippen LogP contribution in [0, 0.1) is 13.8 Å². The third-order valence-electron chi connectivity index (χ3n) is 6.33. The number of hydrogen-bond donors (Lipinski definition) is 0. The highest BCUT2D eigenvalue weighted by molar-refractivity contribution is 5.81. The monoisotopic (exact) mass is 411 g/mol. The molecule has 0 unspecified atom stereocenters. The highest BCUT2D eigenvalue weighted by atomic mass is 15.4. The van der Waals surface area contributed by atoms with E-state index in [-0.39, 0.29) is 0 Å². The zero-order chi connectivity index (χ0) is 21.4. The first-order valence-corrected chi connectivity index (χ1v) is 11.2. The lowest BCUT2D eigenvalue weighted by molar-refractivity contribution is 0.634. The van der Waals surface area contributed by atoms with Gasteiger partial charge in [-0.1, -0.05) is 55.5 Å². The van der Waals surface area contributed by atoms with Gasteiger partial charge in [-0.3, -0.25) is 0 Å². The highest BCUT2D eigenvalue weighted by Crippen LogP contribution is 2.33. The topological polar surface area (TPSA) is 36.7 Å². The van der Waals surface area contributed by atoms with Crippen LogP contribution in [0.3, 0.4) is 0 Å². The molecule has 1 aliphatic rings. The number of aryl methyl sites for hydroxylation is 2. The minimum absolute atomic E-state index is 0.947. The molecule has 5 heteroatoms. The molecule has 158 valence electrons. The van der Waals surface area contributed by atoms with Crippen LogP contribution in [0.25, 0.3) is 16.8 Å². The molecular formula is C26H29N5. The maximum atomic E-state index is 5.03. The van der Waals surface area contributed by atoms with E-state index in [0.717, 1.165) is 55.2 Å². The fraction of sp³-hybridized carbons (Fsp3) is 0.308. The average Bonchev–Trinajstić information content (AvgIpc) is 3.14. The number of piperazine rings is 1. The van der Waals surface area contributed by atoms with Crippen LogP contribution in [0.4, 0.5) is 11.5 Å². The zero-order valence-corrected chi connectivity index (χ0v) is 18.5. The van der Waals surface area contributed by atoms with Gasteiger partial charge in [0.2, 0.25) is 0 Å². The normalized spacial score (nSPS) is 14.4. The SMILES string of the molecule is CCc1c(C)nc2c(-c3ccccc3)c(C)nn2c1N1CCN(c2ccccc2)CC1. The molecule has 31 heavy (non-hydrogen) atoms. The lowest BCUT2D eigenvalue weighted by Crippen LogP contribution is -2.47. The van der Waals surface area contributed by atoms with E-state index >= 15 is 0 Å². The van der Waals surface area contributed by atoms with Crippen LogP contribution >= 0.6 is 0 Å². The summed E-state index contributed by atoms with van der Waals surface area (Å²) in [7, 11) is 0. The Morgan fingerprint density at radius 2 is 1.39 bits per heavy atom. The van der Waals surface area contributed by atoms with Gasteiger partial charge in [0.15, 0.2) is 5.65 Å². The van der Waals surface area contributed by atoms with E-state index in [0.29, 0.717) is 0 Å². The molecule has 1 aliphatic heterocycles. The van der Waals surface area contributed by atoms with Crippen molar-refractivity contribution in [2.24, 2.45) is 0 Å². The smallest absolute Gasteiger partial charge is 0.165 e. The van der Waals surface area contributed by atoms with Crippen molar-refractivity contribution in [3.63, 3.8) is 0 Å². The Bertz CT molecular complexity index is 1190. The van der Waals surface area contributed by atoms with Gasteiger partial charge in [-0.15, -0.1) is 0 Å². The Morgan fingerprint density at radius 3 is 2.03 bits per heavy atom. The zero-order valence-electron chi connectivity index (χ0n) is 18.5. The van der Waals surface area contributed by atoms with Gasteiger partial charge < -0.3 is 9.80 Å². The van der Waals surface area contributed by atoms with Crippen LogP contribution in [-0.2, 0) is 6.42 Å². The number of fused-ring (bicyclic) bond motifs is 1. The number of benzene rings is 2. The van der Waals surface area contributed by atoms with Crippen molar-refractivity contribution >= 4 is 17.2 Å². The molecule has 0 amide bonds. The number of anilines is 2. The van der Waals surface area contributed by atoms with Crippen LogP contribution < -0.4 is 9.80 Å². The molecule has 0 aliphatic carbocycles. The van der Waals surface area contributed by atoms with Crippen LogP contribution in [0.1, 0.15) is 23.9 Å². The molecule has 0 saturated carbocycles. The van der Waals surface area contributed by atoms with Crippen molar-refractivity contribution in [1.82, 2.24) is 14.6 Å². The molecule has 2 aromatic carbocycles. The van der Waals surface area contributed by atoms with Crippen molar-refractivity contribution < 1.29 is 0 Å². The number of aromatic nitrogens is 3. The predicted octanol–water partition coefficient (Wildman–Crippen LogP) is 4.90. The van der Waals surface area contributed by atoms with Gasteiger partial charge in [-0.2, -0.15) is 9.61 Å². The Hall–Kier alpha value is -3.34. The van der Waals surface area contributed by atoms with Crippen molar-refractivity contribution in [2.45, 2.75) is 27.2 Å². The molecule has 4 aromatic rings. The summed E-state index contributed by atoms with van der Waals surface area (Å²) in [6.45, 7) is 10.4. The highest BCUT2D eigenvalue weighted by Gasteiger charge is 2.25. The predicted molar refractivity (Wildman–Crippen MR) is 128 cm³/mol. The average molecular weight is 412 g/mol. The fourth-order valence-electron chi connectivity index (χ4n) is 4.78. The number of nitrogens with zero attached hydrogens (tertiary/aromatic N) is 5. The van der Waals surface area contributed by atoms with Crippen molar-refractivity contribution in [2.75, 3.05) is 36.0 Å². The quantitative estimate of drug-likeness (QED) is 0.478. The minimum atomic E-state index is 0.947. The Kier molecular flexibility index (Phi) is 5.10. The first-order valence-electron chi connectivity index (χ1n) is 11.2. The van der Waals surface area contributed by atoms with Gasteiger partial charge in [0.05, 0.1) is 5.69 Å². The third kappa shape index (κ3) is 3.44.